The summed E-state index contributed by atoms with van der Waals surface area (Å²) < 4.78 is 15.6. The highest BCUT2D eigenvalue weighted by molar-refractivity contribution is 7.80. The Hall–Kier alpha value is -2.73. The molecule has 132 valence electrons. The van der Waals surface area contributed by atoms with Gasteiger partial charge in [-0.05, 0) is 67.7 Å². The zero-order chi connectivity index (χ0) is 18.1. The SMILES string of the molecule is CCn1cccc1C1C(c2ccccn2)NC(=S)N1c1ccc(F)cc1. The quantitative estimate of drug-likeness (QED) is 0.701. The predicted octanol–water partition coefficient (Wildman–Crippen LogP) is 4.22. The summed E-state index contributed by atoms with van der Waals surface area (Å²) >= 11 is 5.65. The lowest BCUT2D eigenvalue weighted by Gasteiger charge is -2.28. The Bertz CT molecular complexity index is 907. The van der Waals surface area contributed by atoms with Crippen LogP contribution in [0.5, 0.6) is 0 Å². The summed E-state index contributed by atoms with van der Waals surface area (Å²) in [6, 6.07) is 16.3. The van der Waals surface area contributed by atoms with Gasteiger partial charge in [0.1, 0.15) is 11.9 Å². The maximum absolute atomic E-state index is 13.4. The van der Waals surface area contributed by atoms with Gasteiger partial charge in [-0.15, -0.1) is 0 Å². The molecule has 4 rings (SSSR count). The van der Waals surface area contributed by atoms with Crippen LogP contribution in [0.1, 0.15) is 30.4 Å². The van der Waals surface area contributed by atoms with E-state index in [1.165, 1.54) is 12.1 Å². The number of hydrogen-bond acceptors (Lipinski definition) is 2. The van der Waals surface area contributed by atoms with E-state index in [1.54, 1.807) is 18.3 Å². The number of nitrogens with one attached hydrogen (secondary N) is 1. The van der Waals surface area contributed by atoms with Crippen molar-refractivity contribution in [2.75, 3.05) is 4.90 Å². The molecule has 4 nitrogen and oxygen atoms in total. The van der Waals surface area contributed by atoms with Gasteiger partial charge in [-0.3, -0.25) is 4.98 Å². The van der Waals surface area contributed by atoms with Crippen molar-refractivity contribution >= 4 is 23.0 Å². The lowest BCUT2D eigenvalue weighted by Crippen LogP contribution is -2.30. The number of nitrogens with zero attached hydrogens (tertiary/aromatic N) is 3. The summed E-state index contributed by atoms with van der Waals surface area (Å²) in [5.41, 5.74) is 2.92. The molecule has 1 aliphatic heterocycles. The van der Waals surface area contributed by atoms with Gasteiger partial charge in [0.05, 0.1) is 11.7 Å². The molecule has 2 aromatic heterocycles. The molecule has 6 heteroatoms. The van der Waals surface area contributed by atoms with Crippen LogP contribution in [0, 0.1) is 5.82 Å². The van der Waals surface area contributed by atoms with Gasteiger partial charge in [-0.25, -0.2) is 4.39 Å². The lowest BCUT2D eigenvalue weighted by atomic mass is 10.0. The molecular weight excluding hydrogens is 347 g/mol. The van der Waals surface area contributed by atoms with Gasteiger partial charge >= 0.3 is 0 Å². The highest BCUT2D eigenvalue weighted by Gasteiger charge is 2.41. The van der Waals surface area contributed by atoms with Gasteiger partial charge < -0.3 is 14.8 Å². The second kappa shape index (κ2) is 6.88. The molecule has 2 unspecified atom stereocenters. The molecule has 0 radical (unpaired) electrons. The van der Waals surface area contributed by atoms with Crippen molar-refractivity contribution in [3.05, 3.63) is 84.2 Å². The molecule has 0 aliphatic carbocycles. The Morgan fingerprint density at radius 2 is 1.92 bits per heavy atom. The van der Waals surface area contributed by atoms with E-state index in [9.17, 15) is 4.39 Å². The third-order valence-electron chi connectivity index (χ3n) is 4.71. The van der Waals surface area contributed by atoms with E-state index < -0.39 is 0 Å². The van der Waals surface area contributed by atoms with E-state index >= 15 is 0 Å². The third kappa shape index (κ3) is 2.86. The van der Waals surface area contributed by atoms with E-state index in [0.29, 0.717) is 5.11 Å². The molecule has 2 atom stereocenters. The number of pyridine rings is 1. The molecule has 1 N–H and O–H groups in total. The van der Waals surface area contributed by atoms with Crippen LogP contribution in [0.3, 0.4) is 0 Å². The van der Waals surface area contributed by atoms with Crippen LogP contribution < -0.4 is 10.2 Å². The fraction of sp³-hybridized carbons (Fsp3) is 0.200. The Kier molecular flexibility index (Phi) is 4.42. The van der Waals surface area contributed by atoms with E-state index in [-0.39, 0.29) is 17.9 Å². The molecular formula is C20H19FN4S. The van der Waals surface area contributed by atoms with Gasteiger partial charge in [0, 0.05) is 30.3 Å². The van der Waals surface area contributed by atoms with Crippen molar-refractivity contribution < 1.29 is 4.39 Å². The summed E-state index contributed by atoms with van der Waals surface area (Å²) in [5, 5.41) is 4.02. The average molecular weight is 366 g/mol. The normalized spacial score (nSPS) is 19.6. The highest BCUT2D eigenvalue weighted by atomic mass is 32.1. The zero-order valence-electron chi connectivity index (χ0n) is 14.3. The minimum atomic E-state index is -0.262. The summed E-state index contributed by atoms with van der Waals surface area (Å²) in [6.07, 6.45) is 3.85. The maximum Gasteiger partial charge on any atom is 0.174 e. The van der Waals surface area contributed by atoms with Crippen LogP contribution in [0.4, 0.5) is 10.1 Å². The molecule has 1 saturated heterocycles. The fourth-order valence-corrected chi connectivity index (χ4v) is 3.86. The second-order valence-corrected chi connectivity index (χ2v) is 6.58. The summed E-state index contributed by atoms with van der Waals surface area (Å²) in [7, 11) is 0. The predicted molar refractivity (Wildman–Crippen MR) is 104 cm³/mol. The summed E-state index contributed by atoms with van der Waals surface area (Å²) in [5.74, 6) is -0.262. The highest BCUT2D eigenvalue weighted by Crippen LogP contribution is 2.41. The number of halogens is 1. The molecule has 3 heterocycles. The van der Waals surface area contributed by atoms with Crippen LogP contribution in [-0.4, -0.2) is 14.7 Å². The second-order valence-electron chi connectivity index (χ2n) is 6.19. The first-order chi connectivity index (χ1) is 12.7. The number of hydrogen-bond donors (Lipinski definition) is 1. The average Bonchev–Trinajstić information content (AvgIpc) is 3.27. The first-order valence-corrected chi connectivity index (χ1v) is 9.01. The van der Waals surface area contributed by atoms with E-state index in [2.05, 4.69) is 39.0 Å². The number of aryl methyl sites for hydroxylation is 1. The van der Waals surface area contributed by atoms with Gasteiger partial charge in [-0.2, -0.15) is 0 Å². The molecule has 0 saturated carbocycles. The topological polar surface area (TPSA) is 33.1 Å². The van der Waals surface area contributed by atoms with Crippen molar-refractivity contribution in [1.29, 1.82) is 0 Å². The van der Waals surface area contributed by atoms with Crippen LogP contribution in [-0.2, 0) is 6.54 Å². The summed E-state index contributed by atoms with van der Waals surface area (Å²) in [6.45, 7) is 2.97. The van der Waals surface area contributed by atoms with Gasteiger partial charge in [0.2, 0.25) is 0 Å². The molecule has 26 heavy (non-hydrogen) atoms. The molecule has 3 aromatic rings. The Labute approximate surface area is 157 Å². The fourth-order valence-electron chi connectivity index (χ4n) is 3.52. The Balaban J connectivity index is 1.84. The van der Waals surface area contributed by atoms with E-state index in [1.807, 2.05) is 24.3 Å². The van der Waals surface area contributed by atoms with Crippen molar-refractivity contribution in [2.45, 2.75) is 25.6 Å². The summed E-state index contributed by atoms with van der Waals surface area (Å²) in [4.78, 5) is 6.59. The molecule has 0 spiro atoms. The van der Waals surface area contributed by atoms with Crippen LogP contribution in [0.25, 0.3) is 0 Å². The van der Waals surface area contributed by atoms with Gasteiger partial charge in [0.15, 0.2) is 5.11 Å². The number of aromatic nitrogens is 2. The first kappa shape index (κ1) is 16.7. The molecule has 1 aromatic carbocycles. The largest absolute Gasteiger partial charge is 0.351 e. The van der Waals surface area contributed by atoms with Crippen molar-refractivity contribution in [1.82, 2.24) is 14.9 Å². The molecule has 0 amide bonds. The minimum absolute atomic E-state index is 0.0715. The van der Waals surface area contributed by atoms with Gasteiger partial charge in [-0.1, -0.05) is 6.07 Å². The number of thiocarbonyl (C=S) groups is 1. The zero-order valence-corrected chi connectivity index (χ0v) is 15.2. The smallest absolute Gasteiger partial charge is 0.174 e. The van der Waals surface area contributed by atoms with Crippen LogP contribution in [0.15, 0.2) is 67.0 Å². The van der Waals surface area contributed by atoms with Crippen molar-refractivity contribution in [3.63, 3.8) is 0 Å². The number of benzene rings is 1. The third-order valence-corrected chi connectivity index (χ3v) is 5.03. The molecule has 1 fully saturated rings. The number of anilines is 1. The minimum Gasteiger partial charge on any atom is -0.351 e. The molecule has 0 bridgehead atoms. The standard InChI is InChI=1S/C20H19FN4S/c1-2-24-13-5-7-17(24)19-18(16-6-3-4-12-22-16)23-20(26)25(19)15-10-8-14(21)9-11-15/h3-13,18-19H,2H2,1H3,(H,23,26). The van der Waals surface area contributed by atoms with Gasteiger partial charge in [0.25, 0.3) is 0 Å². The van der Waals surface area contributed by atoms with Crippen LogP contribution in [0.2, 0.25) is 0 Å². The molecule has 1 aliphatic rings. The van der Waals surface area contributed by atoms with Crippen LogP contribution >= 0.6 is 12.2 Å². The van der Waals surface area contributed by atoms with E-state index in [4.69, 9.17) is 12.2 Å². The first-order valence-electron chi connectivity index (χ1n) is 8.60. The lowest BCUT2D eigenvalue weighted by molar-refractivity contribution is 0.529. The monoisotopic (exact) mass is 366 g/mol. The number of rotatable bonds is 4. The van der Waals surface area contributed by atoms with E-state index in [0.717, 1.165) is 23.6 Å². The van der Waals surface area contributed by atoms with Crippen molar-refractivity contribution in [2.24, 2.45) is 0 Å². The Morgan fingerprint density at radius 3 is 2.62 bits per heavy atom. The maximum atomic E-state index is 13.4. The van der Waals surface area contributed by atoms with Crippen molar-refractivity contribution in [3.8, 4) is 0 Å². The Morgan fingerprint density at radius 1 is 1.12 bits per heavy atom.